The van der Waals surface area contributed by atoms with Crippen LogP contribution < -0.4 is 14.8 Å². The summed E-state index contributed by atoms with van der Waals surface area (Å²) in [6.45, 7) is 10.1. The maximum absolute atomic E-state index is 5.59. The zero-order valence-corrected chi connectivity index (χ0v) is 12.8. The average molecular weight is 265 g/mol. The van der Waals surface area contributed by atoms with E-state index in [1.54, 1.807) is 7.11 Å². The molecule has 1 rings (SSSR count). The molecule has 0 saturated heterocycles. The van der Waals surface area contributed by atoms with Gasteiger partial charge in [-0.25, -0.2) is 0 Å². The van der Waals surface area contributed by atoms with Gasteiger partial charge < -0.3 is 14.8 Å². The largest absolute Gasteiger partial charge is 0.493 e. The Morgan fingerprint density at radius 2 is 1.95 bits per heavy atom. The van der Waals surface area contributed by atoms with Crippen molar-refractivity contribution < 1.29 is 9.47 Å². The zero-order valence-electron chi connectivity index (χ0n) is 12.8. The third-order valence-electron chi connectivity index (χ3n) is 3.03. The number of nitrogens with one attached hydrogen (secondary N) is 1. The summed E-state index contributed by atoms with van der Waals surface area (Å²) in [7, 11) is 1.69. The minimum absolute atomic E-state index is 0.500. The fraction of sp³-hybridized carbons (Fsp3) is 0.625. The van der Waals surface area contributed by atoms with Crippen LogP contribution in [-0.4, -0.2) is 19.8 Å². The van der Waals surface area contributed by atoms with Crippen molar-refractivity contribution in [1.82, 2.24) is 5.32 Å². The van der Waals surface area contributed by atoms with Crippen LogP contribution in [0.25, 0.3) is 0 Å². The smallest absolute Gasteiger partial charge is 0.165 e. The van der Waals surface area contributed by atoms with Crippen molar-refractivity contribution in [2.45, 2.75) is 46.7 Å². The third kappa shape index (κ3) is 5.11. The standard InChI is InChI=1S/C16H27NO2/c1-6-19-15-9-7-8-14(16(15)18-5)11-17-13(4)10-12(2)3/h7-9,12-13,17H,6,10-11H2,1-5H3. The molecule has 3 heteroatoms. The summed E-state index contributed by atoms with van der Waals surface area (Å²) in [5.41, 5.74) is 1.14. The van der Waals surface area contributed by atoms with Crippen LogP contribution in [0.4, 0.5) is 0 Å². The van der Waals surface area contributed by atoms with Crippen LogP contribution in [-0.2, 0) is 6.54 Å². The van der Waals surface area contributed by atoms with Gasteiger partial charge in [0, 0.05) is 18.2 Å². The summed E-state index contributed by atoms with van der Waals surface area (Å²) in [5, 5.41) is 3.54. The van der Waals surface area contributed by atoms with E-state index >= 15 is 0 Å². The minimum atomic E-state index is 0.500. The van der Waals surface area contributed by atoms with Gasteiger partial charge >= 0.3 is 0 Å². The van der Waals surface area contributed by atoms with Crippen LogP contribution in [0.3, 0.4) is 0 Å². The van der Waals surface area contributed by atoms with Gasteiger partial charge in [0.25, 0.3) is 0 Å². The highest BCUT2D eigenvalue weighted by atomic mass is 16.5. The van der Waals surface area contributed by atoms with E-state index in [2.05, 4.69) is 32.2 Å². The molecule has 0 heterocycles. The Morgan fingerprint density at radius 1 is 1.21 bits per heavy atom. The van der Waals surface area contributed by atoms with E-state index in [4.69, 9.17) is 9.47 Å². The monoisotopic (exact) mass is 265 g/mol. The fourth-order valence-electron chi connectivity index (χ4n) is 2.28. The Bertz CT molecular complexity index is 377. The van der Waals surface area contributed by atoms with Gasteiger partial charge in [0.15, 0.2) is 11.5 Å². The van der Waals surface area contributed by atoms with Crippen molar-refractivity contribution in [3.05, 3.63) is 23.8 Å². The van der Waals surface area contributed by atoms with E-state index in [0.717, 1.165) is 23.6 Å². The van der Waals surface area contributed by atoms with E-state index < -0.39 is 0 Å². The Labute approximate surface area is 117 Å². The zero-order chi connectivity index (χ0) is 14.3. The van der Waals surface area contributed by atoms with Crippen LogP contribution in [0.15, 0.2) is 18.2 Å². The van der Waals surface area contributed by atoms with Gasteiger partial charge in [-0.05, 0) is 32.3 Å². The van der Waals surface area contributed by atoms with Crippen LogP contribution in [0.5, 0.6) is 11.5 Å². The van der Waals surface area contributed by atoms with Crippen molar-refractivity contribution in [2.75, 3.05) is 13.7 Å². The summed E-state index contributed by atoms with van der Waals surface area (Å²) in [6, 6.07) is 6.54. The highest BCUT2D eigenvalue weighted by molar-refractivity contribution is 5.46. The van der Waals surface area contributed by atoms with Crippen molar-refractivity contribution in [1.29, 1.82) is 0 Å². The van der Waals surface area contributed by atoms with Crippen molar-refractivity contribution in [3.63, 3.8) is 0 Å². The maximum atomic E-state index is 5.59. The van der Waals surface area contributed by atoms with Gasteiger partial charge in [-0.15, -0.1) is 0 Å². The molecule has 0 fully saturated rings. The summed E-state index contributed by atoms with van der Waals surface area (Å²) < 4.78 is 11.1. The second-order valence-corrected chi connectivity index (χ2v) is 5.29. The van der Waals surface area contributed by atoms with Crippen LogP contribution in [0.2, 0.25) is 0 Å². The van der Waals surface area contributed by atoms with Crippen LogP contribution in [0, 0.1) is 5.92 Å². The van der Waals surface area contributed by atoms with E-state index in [1.807, 2.05) is 19.1 Å². The first-order chi connectivity index (χ1) is 9.08. The molecule has 0 saturated carbocycles. The Kier molecular flexibility index (Phi) is 6.71. The maximum Gasteiger partial charge on any atom is 0.165 e. The topological polar surface area (TPSA) is 30.5 Å². The average Bonchev–Trinajstić information content (AvgIpc) is 2.36. The summed E-state index contributed by atoms with van der Waals surface area (Å²) in [5.74, 6) is 2.37. The van der Waals surface area contributed by atoms with Crippen LogP contribution >= 0.6 is 0 Å². The number of para-hydroxylation sites is 1. The highest BCUT2D eigenvalue weighted by Crippen LogP contribution is 2.31. The predicted octanol–water partition coefficient (Wildman–Crippen LogP) is 3.62. The molecule has 0 spiro atoms. The summed E-state index contributed by atoms with van der Waals surface area (Å²) in [6.07, 6.45) is 1.17. The molecule has 1 aromatic rings. The SMILES string of the molecule is CCOc1cccc(CNC(C)CC(C)C)c1OC. The van der Waals surface area contributed by atoms with Gasteiger partial charge in [0.1, 0.15) is 0 Å². The molecule has 1 atom stereocenters. The first-order valence-corrected chi connectivity index (χ1v) is 7.10. The van der Waals surface area contributed by atoms with Crippen molar-refractivity contribution in [2.24, 2.45) is 5.92 Å². The highest BCUT2D eigenvalue weighted by Gasteiger charge is 2.11. The molecule has 0 aliphatic heterocycles. The molecular formula is C16H27NO2. The van der Waals surface area contributed by atoms with E-state index in [-0.39, 0.29) is 0 Å². The van der Waals surface area contributed by atoms with Gasteiger partial charge in [-0.3, -0.25) is 0 Å². The van der Waals surface area contributed by atoms with E-state index in [0.29, 0.717) is 18.6 Å². The summed E-state index contributed by atoms with van der Waals surface area (Å²) in [4.78, 5) is 0. The number of rotatable bonds is 8. The van der Waals surface area contributed by atoms with Gasteiger partial charge in [-0.2, -0.15) is 0 Å². The molecule has 108 valence electrons. The number of methoxy groups -OCH3 is 1. The predicted molar refractivity (Wildman–Crippen MR) is 79.9 cm³/mol. The number of benzene rings is 1. The molecular weight excluding hydrogens is 238 g/mol. The number of hydrogen-bond acceptors (Lipinski definition) is 3. The second-order valence-electron chi connectivity index (χ2n) is 5.29. The molecule has 0 bridgehead atoms. The normalized spacial score (nSPS) is 12.5. The van der Waals surface area contributed by atoms with E-state index in [9.17, 15) is 0 Å². The molecule has 1 unspecified atom stereocenters. The number of hydrogen-bond donors (Lipinski definition) is 1. The van der Waals surface area contributed by atoms with E-state index in [1.165, 1.54) is 6.42 Å². The van der Waals surface area contributed by atoms with Crippen molar-refractivity contribution >= 4 is 0 Å². The first-order valence-electron chi connectivity index (χ1n) is 7.10. The lowest BCUT2D eigenvalue weighted by Gasteiger charge is -2.18. The molecule has 1 N–H and O–H groups in total. The van der Waals surface area contributed by atoms with Crippen LogP contribution in [0.1, 0.15) is 39.7 Å². The lowest BCUT2D eigenvalue weighted by molar-refractivity contribution is 0.308. The third-order valence-corrected chi connectivity index (χ3v) is 3.03. The molecule has 0 amide bonds. The Balaban J connectivity index is 2.69. The van der Waals surface area contributed by atoms with Gasteiger partial charge in [0.2, 0.25) is 0 Å². The fourth-order valence-corrected chi connectivity index (χ4v) is 2.28. The Morgan fingerprint density at radius 3 is 2.53 bits per heavy atom. The Hall–Kier alpha value is -1.22. The summed E-state index contributed by atoms with van der Waals surface area (Å²) >= 11 is 0. The minimum Gasteiger partial charge on any atom is -0.493 e. The first kappa shape index (κ1) is 15.8. The number of ether oxygens (including phenoxy) is 2. The molecule has 0 aliphatic carbocycles. The molecule has 19 heavy (non-hydrogen) atoms. The molecule has 0 aliphatic rings. The molecule has 3 nitrogen and oxygen atoms in total. The quantitative estimate of drug-likeness (QED) is 0.778. The lowest BCUT2D eigenvalue weighted by atomic mass is 10.0. The molecule has 1 aromatic carbocycles. The molecule has 0 aromatic heterocycles. The lowest BCUT2D eigenvalue weighted by Crippen LogP contribution is -2.27. The van der Waals surface area contributed by atoms with Crippen molar-refractivity contribution in [3.8, 4) is 11.5 Å². The van der Waals surface area contributed by atoms with Gasteiger partial charge in [0.05, 0.1) is 13.7 Å². The second kappa shape index (κ2) is 8.05. The molecule has 0 radical (unpaired) electrons. The van der Waals surface area contributed by atoms with Gasteiger partial charge in [-0.1, -0.05) is 26.0 Å².